The Morgan fingerprint density at radius 1 is 1.10 bits per heavy atom. The first-order valence-electron chi connectivity index (χ1n) is 8.90. The Balaban J connectivity index is 1.65. The molecule has 0 atom stereocenters. The number of aromatic nitrogens is 1. The molecule has 0 N–H and O–H groups in total. The van der Waals surface area contributed by atoms with E-state index < -0.39 is 16.0 Å². The van der Waals surface area contributed by atoms with Crippen molar-refractivity contribution in [3.63, 3.8) is 0 Å². The van der Waals surface area contributed by atoms with Crippen LogP contribution in [-0.2, 0) is 14.8 Å². The minimum atomic E-state index is -3.85. The zero-order valence-electron chi connectivity index (χ0n) is 15.2. The monoisotopic (exact) mass is 432 g/mol. The number of sulfonamides is 1. The molecule has 1 aliphatic heterocycles. The Labute approximate surface area is 172 Å². The predicted molar refractivity (Wildman–Crippen MR) is 108 cm³/mol. The fourth-order valence-electron chi connectivity index (χ4n) is 3.07. The van der Waals surface area contributed by atoms with Crippen LogP contribution in [0.2, 0.25) is 5.02 Å². The Morgan fingerprint density at radius 3 is 2.66 bits per heavy atom. The minimum absolute atomic E-state index is 0.0415. The molecule has 0 spiro atoms. The van der Waals surface area contributed by atoms with Crippen molar-refractivity contribution in [1.29, 1.82) is 0 Å². The molecule has 1 aliphatic rings. The zero-order valence-corrected chi connectivity index (χ0v) is 16.8. The first kappa shape index (κ1) is 19.8. The van der Waals surface area contributed by atoms with E-state index in [9.17, 15) is 13.2 Å². The molecule has 1 fully saturated rings. The fourth-order valence-corrected chi connectivity index (χ4v) is 4.98. The second-order valence-electron chi connectivity index (χ2n) is 6.38. The van der Waals surface area contributed by atoms with Crippen molar-refractivity contribution in [1.82, 2.24) is 9.29 Å². The van der Waals surface area contributed by atoms with Gasteiger partial charge in [0.15, 0.2) is 5.75 Å². The average molecular weight is 433 g/mol. The second kappa shape index (κ2) is 8.08. The number of benzene rings is 2. The van der Waals surface area contributed by atoms with Gasteiger partial charge in [-0.3, -0.25) is 4.98 Å². The molecule has 3 aromatic rings. The van der Waals surface area contributed by atoms with Gasteiger partial charge in [0.25, 0.3) is 0 Å². The van der Waals surface area contributed by atoms with Gasteiger partial charge >= 0.3 is 5.97 Å². The molecular weight excluding hydrogens is 416 g/mol. The highest BCUT2D eigenvalue weighted by molar-refractivity contribution is 7.89. The summed E-state index contributed by atoms with van der Waals surface area (Å²) in [5.74, 6) is -0.404. The smallest absolute Gasteiger partial charge is 0.343 e. The Kier molecular flexibility index (Phi) is 5.51. The van der Waals surface area contributed by atoms with Crippen molar-refractivity contribution in [2.45, 2.75) is 4.90 Å². The lowest BCUT2D eigenvalue weighted by Crippen LogP contribution is -2.40. The molecule has 7 nitrogen and oxygen atoms in total. The maximum absolute atomic E-state index is 12.9. The van der Waals surface area contributed by atoms with Crippen LogP contribution in [0.1, 0.15) is 10.4 Å². The van der Waals surface area contributed by atoms with Crippen LogP contribution in [0.25, 0.3) is 10.9 Å². The summed E-state index contributed by atoms with van der Waals surface area (Å²) in [4.78, 5) is 16.8. The molecule has 0 unspecified atom stereocenters. The van der Waals surface area contributed by atoms with Crippen molar-refractivity contribution in [2.24, 2.45) is 0 Å². The van der Waals surface area contributed by atoms with E-state index in [1.807, 2.05) is 12.1 Å². The number of fused-ring (bicyclic) bond motifs is 1. The number of esters is 1. The van der Waals surface area contributed by atoms with Crippen molar-refractivity contribution in [2.75, 3.05) is 26.3 Å². The standard InChI is InChI=1S/C20H17ClN2O5S/c21-16-7-6-15(13-18(16)29(25,26)23-9-11-27-12-10-23)20(24)28-17-5-1-3-14-4-2-8-22-19(14)17/h1-8,13H,9-12H2. The maximum Gasteiger partial charge on any atom is 0.343 e. The summed E-state index contributed by atoms with van der Waals surface area (Å²) in [6, 6.07) is 12.9. The topological polar surface area (TPSA) is 85.8 Å². The number of morpholine rings is 1. The van der Waals surface area contributed by atoms with Crippen LogP contribution in [0, 0.1) is 0 Å². The lowest BCUT2D eigenvalue weighted by atomic mass is 10.2. The van der Waals surface area contributed by atoms with E-state index in [1.165, 1.54) is 22.5 Å². The van der Waals surface area contributed by atoms with Crippen molar-refractivity contribution in [3.05, 3.63) is 65.3 Å². The zero-order chi connectivity index (χ0) is 20.4. The molecular formula is C20H17ClN2O5S. The average Bonchev–Trinajstić information content (AvgIpc) is 2.75. The fraction of sp³-hybridized carbons (Fsp3) is 0.200. The lowest BCUT2D eigenvalue weighted by Gasteiger charge is -2.26. The molecule has 1 saturated heterocycles. The molecule has 0 radical (unpaired) electrons. The van der Waals surface area contributed by atoms with Gasteiger partial charge in [-0.05, 0) is 30.3 Å². The van der Waals surface area contributed by atoms with Gasteiger partial charge in [0.2, 0.25) is 10.0 Å². The van der Waals surface area contributed by atoms with Crippen LogP contribution in [0.4, 0.5) is 0 Å². The number of hydrogen-bond donors (Lipinski definition) is 0. The summed E-state index contributed by atoms with van der Waals surface area (Å²) >= 11 is 6.14. The highest BCUT2D eigenvalue weighted by atomic mass is 35.5. The molecule has 29 heavy (non-hydrogen) atoms. The molecule has 2 heterocycles. The maximum atomic E-state index is 12.9. The number of para-hydroxylation sites is 1. The van der Waals surface area contributed by atoms with Gasteiger partial charge < -0.3 is 9.47 Å². The summed E-state index contributed by atoms with van der Waals surface area (Å²) in [5, 5.41) is 0.865. The molecule has 1 aromatic heterocycles. The van der Waals surface area contributed by atoms with Crippen molar-refractivity contribution < 1.29 is 22.7 Å². The van der Waals surface area contributed by atoms with Gasteiger partial charge in [-0.1, -0.05) is 29.8 Å². The highest BCUT2D eigenvalue weighted by Gasteiger charge is 2.29. The number of ether oxygens (including phenoxy) is 2. The molecule has 0 aliphatic carbocycles. The van der Waals surface area contributed by atoms with Crippen LogP contribution in [0.15, 0.2) is 59.6 Å². The Bertz CT molecular complexity index is 1170. The molecule has 4 rings (SSSR count). The van der Waals surface area contributed by atoms with E-state index in [2.05, 4.69) is 4.98 Å². The summed E-state index contributed by atoms with van der Waals surface area (Å²) in [6.07, 6.45) is 1.61. The Hall–Kier alpha value is -2.52. The third-order valence-electron chi connectivity index (χ3n) is 4.55. The number of halogens is 1. The van der Waals surface area contributed by atoms with Gasteiger partial charge in [0, 0.05) is 24.7 Å². The molecule has 0 amide bonds. The van der Waals surface area contributed by atoms with Crippen LogP contribution < -0.4 is 4.74 Å². The first-order valence-corrected chi connectivity index (χ1v) is 10.7. The van der Waals surface area contributed by atoms with Crippen molar-refractivity contribution >= 4 is 38.5 Å². The largest absolute Gasteiger partial charge is 0.421 e. The predicted octanol–water partition coefficient (Wildman–Crippen LogP) is 3.13. The normalized spacial score (nSPS) is 15.3. The van der Waals surface area contributed by atoms with E-state index in [1.54, 1.807) is 24.4 Å². The van der Waals surface area contributed by atoms with E-state index in [0.29, 0.717) is 24.5 Å². The molecule has 0 saturated carbocycles. The van der Waals surface area contributed by atoms with Gasteiger partial charge in [-0.15, -0.1) is 0 Å². The van der Waals surface area contributed by atoms with Crippen LogP contribution in [0.5, 0.6) is 5.75 Å². The third-order valence-corrected chi connectivity index (χ3v) is 6.93. The Morgan fingerprint density at radius 2 is 1.86 bits per heavy atom. The van der Waals surface area contributed by atoms with E-state index >= 15 is 0 Å². The molecule has 9 heteroatoms. The van der Waals surface area contributed by atoms with E-state index in [4.69, 9.17) is 21.1 Å². The van der Waals surface area contributed by atoms with Gasteiger partial charge in [0.1, 0.15) is 10.4 Å². The SMILES string of the molecule is O=C(Oc1cccc2cccnc12)c1ccc(Cl)c(S(=O)(=O)N2CCOCC2)c1. The summed E-state index contributed by atoms with van der Waals surface area (Å²) in [6.45, 7) is 1.09. The third kappa shape index (κ3) is 3.97. The number of pyridine rings is 1. The van der Waals surface area contributed by atoms with Crippen molar-refractivity contribution in [3.8, 4) is 5.75 Å². The van der Waals surface area contributed by atoms with Crippen LogP contribution in [0.3, 0.4) is 0 Å². The van der Waals surface area contributed by atoms with Gasteiger partial charge in [0.05, 0.1) is 23.8 Å². The summed E-state index contributed by atoms with van der Waals surface area (Å²) in [5.41, 5.74) is 0.618. The quantitative estimate of drug-likeness (QED) is 0.465. The number of carbonyl (C=O) groups is 1. The number of hydrogen-bond acceptors (Lipinski definition) is 6. The first-order chi connectivity index (χ1) is 14.0. The number of rotatable bonds is 4. The van der Waals surface area contributed by atoms with Gasteiger partial charge in [-0.25, -0.2) is 13.2 Å². The highest BCUT2D eigenvalue weighted by Crippen LogP contribution is 2.28. The number of carbonyl (C=O) groups excluding carboxylic acids is 1. The minimum Gasteiger partial charge on any atom is -0.421 e. The second-order valence-corrected chi connectivity index (χ2v) is 8.70. The van der Waals surface area contributed by atoms with E-state index in [-0.39, 0.29) is 28.6 Å². The van der Waals surface area contributed by atoms with E-state index in [0.717, 1.165) is 5.39 Å². The molecule has 2 aromatic carbocycles. The lowest BCUT2D eigenvalue weighted by molar-refractivity contribution is 0.0727. The van der Waals surface area contributed by atoms with Crippen LogP contribution >= 0.6 is 11.6 Å². The van der Waals surface area contributed by atoms with Crippen LogP contribution in [-0.4, -0.2) is 50.0 Å². The summed E-state index contributed by atoms with van der Waals surface area (Å²) in [7, 11) is -3.85. The van der Waals surface area contributed by atoms with Gasteiger partial charge in [-0.2, -0.15) is 4.31 Å². The molecule has 0 bridgehead atoms. The summed E-state index contributed by atoms with van der Waals surface area (Å²) < 4.78 is 37.9. The molecule has 150 valence electrons. The number of nitrogens with zero attached hydrogens (tertiary/aromatic N) is 2.